The summed E-state index contributed by atoms with van der Waals surface area (Å²) in [6, 6.07) is 14.1. The molecule has 0 aliphatic carbocycles. The second-order valence-electron chi connectivity index (χ2n) is 9.09. The summed E-state index contributed by atoms with van der Waals surface area (Å²) in [7, 11) is 0. The van der Waals surface area contributed by atoms with Crippen LogP contribution in [-0.4, -0.2) is 42.8 Å². The third-order valence-corrected chi connectivity index (χ3v) is 7.73. The van der Waals surface area contributed by atoms with E-state index < -0.39 is 12.0 Å². The predicted octanol–water partition coefficient (Wildman–Crippen LogP) is 5.31. The standard InChI is InChI=1S/C29H24FN7O2S/c1-3-22-31-14-17(15-32-22)26-25(33-23(4-2)40-26)28-36-37-29(39-28)35-27-21(38)13-19-18(11-8-12-20(19)30)24(34-27)16-9-6-5-7-10-16/h5-12,14-15,27H,3-4,13H2,1-2H3,(H,35,37)/t27-/m0/s1. The molecule has 2 aromatic carbocycles. The van der Waals surface area contributed by atoms with Gasteiger partial charge in [0.25, 0.3) is 5.89 Å². The van der Waals surface area contributed by atoms with Crippen LogP contribution in [0.15, 0.2) is 70.3 Å². The first-order valence-electron chi connectivity index (χ1n) is 12.9. The fourth-order valence-corrected chi connectivity index (χ4v) is 5.42. The number of thiazole rings is 1. The summed E-state index contributed by atoms with van der Waals surface area (Å²) in [6.45, 7) is 4.01. The van der Waals surface area contributed by atoms with Gasteiger partial charge < -0.3 is 9.73 Å². The Kier molecular flexibility index (Phi) is 6.95. The van der Waals surface area contributed by atoms with Gasteiger partial charge in [-0.2, -0.15) is 0 Å². The number of hydrogen-bond acceptors (Lipinski definition) is 10. The lowest BCUT2D eigenvalue weighted by atomic mass is 9.95. The number of anilines is 1. The van der Waals surface area contributed by atoms with E-state index in [4.69, 9.17) is 14.4 Å². The molecule has 200 valence electrons. The van der Waals surface area contributed by atoms with Crippen LogP contribution in [0.4, 0.5) is 10.4 Å². The number of nitrogens with zero attached hydrogens (tertiary/aromatic N) is 6. The van der Waals surface area contributed by atoms with Gasteiger partial charge in [-0.05, 0) is 12.5 Å². The molecular formula is C29H24FN7O2S. The van der Waals surface area contributed by atoms with E-state index in [1.54, 1.807) is 24.5 Å². The minimum absolute atomic E-state index is 0.00511. The van der Waals surface area contributed by atoms with Crippen molar-refractivity contribution in [3.8, 4) is 22.0 Å². The summed E-state index contributed by atoms with van der Waals surface area (Å²) in [5.74, 6) is 0.165. The summed E-state index contributed by atoms with van der Waals surface area (Å²) < 4.78 is 20.8. The third kappa shape index (κ3) is 4.91. The van der Waals surface area contributed by atoms with Crippen molar-refractivity contribution in [1.29, 1.82) is 0 Å². The van der Waals surface area contributed by atoms with Crippen LogP contribution in [0.5, 0.6) is 0 Å². The topological polar surface area (TPSA) is 119 Å². The lowest BCUT2D eigenvalue weighted by molar-refractivity contribution is -0.119. The van der Waals surface area contributed by atoms with Gasteiger partial charge in [-0.3, -0.25) is 9.79 Å². The Balaban J connectivity index is 1.35. The molecule has 1 N–H and O–H groups in total. The van der Waals surface area contributed by atoms with Gasteiger partial charge in [0.1, 0.15) is 17.3 Å². The average Bonchev–Trinajstić information content (AvgIpc) is 3.61. The van der Waals surface area contributed by atoms with E-state index in [-0.39, 0.29) is 24.1 Å². The number of Topliss-reactive ketones (excluding diaryl/α,β-unsaturated/α-hetero) is 1. The normalized spacial score (nSPS) is 14.9. The number of aromatic nitrogens is 5. The van der Waals surface area contributed by atoms with Gasteiger partial charge in [0.05, 0.1) is 15.6 Å². The maximum atomic E-state index is 14.8. The summed E-state index contributed by atoms with van der Waals surface area (Å²) in [5, 5.41) is 12.2. The highest BCUT2D eigenvalue weighted by Crippen LogP contribution is 2.36. The molecule has 9 nitrogen and oxygen atoms in total. The van der Waals surface area contributed by atoms with E-state index in [0.29, 0.717) is 22.5 Å². The molecule has 1 atom stereocenters. The number of aryl methyl sites for hydroxylation is 2. The monoisotopic (exact) mass is 553 g/mol. The Morgan fingerprint density at radius 3 is 2.55 bits per heavy atom. The molecule has 11 heteroatoms. The van der Waals surface area contributed by atoms with Crippen LogP contribution in [0.25, 0.3) is 22.0 Å². The molecule has 4 heterocycles. The van der Waals surface area contributed by atoms with Crippen LogP contribution in [0.3, 0.4) is 0 Å². The summed E-state index contributed by atoms with van der Waals surface area (Å²) in [5.41, 5.74) is 3.46. The number of aliphatic imine (C=N–C) groups is 1. The van der Waals surface area contributed by atoms with E-state index in [1.165, 1.54) is 17.4 Å². The first-order chi connectivity index (χ1) is 19.5. The molecule has 1 aliphatic heterocycles. The van der Waals surface area contributed by atoms with E-state index in [1.807, 2.05) is 44.2 Å². The molecule has 0 unspecified atom stereocenters. The number of rotatable bonds is 7. The summed E-state index contributed by atoms with van der Waals surface area (Å²) in [4.78, 5) is 32.3. The Bertz CT molecular complexity index is 1710. The van der Waals surface area contributed by atoms with Crippen LogP contribution in [0, 0.1) is 5.82 Å². The highest BCUT2D eigenvalue weighted by molar-refractivity contribution is 7.15. The SMILES string of the molecule is CCc1ncc(-c2sc(CC)nc2-c2nnc(N[C@@H]3N=C(c4ccccc4)c4cccc(F)c4CC3=O)o2)cn1. The fourth-order valence-electron chi connectivity index (χ4n) is 4.45. The second-order valence-corrected chi connectivity index (χ2v) is 10.2. The molecule has 0 saturated heterocycles. The van der Waals surface area contributed by atoms with Gasteiger partial charge in [0.2, 0.25) is 0 Å². The number of fused-ring (bicyclic) bond motifs is 1. The van der Waals surface area contributed by atoms with Crippen molar-refractivity contribution >= 4 is 28.8 Å². The smallest absolute Gasteiger partial charge is 0.317 e. The van der Waals surface area contributed by atoms with Gasteiger partial charge >= 0.3 is 6.01 Å². The van der Waals surface area contributed by atoms with Crippen LogP contribution in [-0.2, 0) is 24.1 Å². The van der Waals surface area contributed by atoms with Crippen LogP contribution < -0.4 is 5.32 Å². The number of benzene rings is 2. The van der Waals surface area contributed by atoms with E-state index in [9.17, 15) is 9.18 Å². The number of nitrogens with one attached hydrogen (secondary N) is 1. The Morgan fingerprint density at radius 2 is 1.80 bits per heavy atom. The molecule has 0 spiro atoms. The molecule has 6 rings (SSSR count). The van der Waals surface area contributed by atoms with Gasteiger partial charge in [-0.15, -0.1) is 16.4 Å². The first-order valence-corrected chi connectivity index (χ1v) is 13.7. The molecule has 5 aromatic rings. The van der Waals surface area contributed by atoms with Gasteiger partial charge in [0.15, 0.2) is 11.9 Å². The third-order valence-electron chi connectivity index (χ3n) is 6.48. The molecule has 0 amide bonds. The average molecular weight is 554 g/mol. The lowest BCUT2D eigenvalue weighted by Gasteiger charge is -2.11. The molecule has 0 radical (unpaired) electrons. The van der Waals surface area contributed by atoms with Gasteiger partial charge in [0, 0.05) is 47.5 Å². The maximum Gasteiger partial charge on any atom is 0.317 e. The van der Waals surface area contributed by atoms with Crippen molar-refractivity contribution < 1.29 is 13.6 Å². The molecular weight excluding hydrogens is 529 g/mol. The van der Waals surface area contributed by atoms with Crippen LogP contribution in [0.1, 0.15) is 41.4 Å². The Hall–Kier alpha value is -4.64. The van der Waals surface area contributed by atoms with Crippen molar-refractivity contribution in [3.05, 3.63) is 94.3 Å². The highest BCUT2D eigenvalue weighted by atomic mass is 32.1. The van der Waals surface area contributed by atoms with Crippen molar-refractivity contribution in [2.24, 2.45) is 4.99 Å². The number of halogens is 1. The Morgan fingerprint density at radius 1 is 1.00 bits per heavy atom. The minimum atomic E-state index is -1.06. The lowest BCUT2D eigenvalue weighted by Crippen LogP contribution is -2.29. The molecule has 0 bridgehead atoms. The maximum absolute atomic E-state index is 14.8. The minimum Gasteiger partial charge on any atom is -0.402 e. The number of hydrogen-bond donors (Lipinski definition) is 1. The zero-order valence-electron chi connectivity index (χ0n) is 21.8. The van der Waals surface area contributed by atoms with Crippen molar-refractivity contribution in [2.75, 3.05) is 5.32 Å². The summed E-state index contributed by atoms with van der Waals surface area (Å²) >= 11 is 1.51. The fraction of sp³-hybridized carbons (Fsp3) is 0.207. The van der Waals surface area contributed by atoms with Crippen LogP contribution >= 0.6 is 11.3 Å². The van der Waals surface area contributed by atoms with E-state index in [2.05, 4.69) is 25.5 Å². The largest absolute Gasteiger partial charge is 0.402 e. The molecule has 3 aromatic heterocycles. The second kappa shape index (κ2) is 10.9. The first kappa shape index (κ1) is 25.6. The zero-order valence-corrected chi connectivity index (χ0v) is 22.6. The zero-order chi connectivity index (χ0) is 27.6. The van der Waals surface area contributed by atoms with E-state index in [0.717, 1.165) is 39.7 Å². The van der Waals surface area contributed by atoms with Crippen LogP contribution in [0.2, 0.25) is 0 Å². The van der Waals surface area contributed by atoms with Crippen molar-refractivity contribution in [2.45, 2.75) is 39.3 Å². The predicted molar refractivity (Wildman–Crippen MR) is 150 cm³/mol. The molecule has 40 heavy (non-hydrogen) atoms. The van der Waals surface area contributed by atoms with Gasteiger partial charge in [-0.25, -0.2) is 19.3 Å². The number of ketones is 1. The summed E-state index contributed by atoms with van der Waals surface area (Å²) in [6.07, 6.45) is 3.80. The van der Waals surface area contributed by atoms with Crippen molar-refractivity contribution in [1.82, 2.24) is 25.1 Å². The molecule has 0 fully saturated rings. The number of carbonyl (C=O) groups excluding carboxylic acids is 1. The van der Waals surface area contributed by atoms with Crippen molar-refractivity contribution in [3.63, 3.8) is 0 Å². The quantitative estimate of drug-likeness (QED) is 0.288. The molecule has 1 aliphatic rings. The Labute approximate surface area is 233 Å². The molecule has 0 saturated carbocycles. The number of carbonyl (C=O) groups is 1. The van der Waals surface area contributed by atoms with Gasteiger partial charge in [-0.1, -0.05) is 61.4 Å². The van der Waals surface area contributed by atoms with E-state index >= 15 is 0 Å². The highest BCUT2D eigenvalue weighted by Gasteiger charge is 2.29.